The van der Waals surface area contributed by atoms with Gasteiger partial charge in [0.1, 0.15) is 0 Å². The second kappa shape index (κ2) is 8.61. The molecule has 0 saturated carbocycles. The zero-order valence-electron chi connectivity index (χ0n) is 16.3. The quantitative estimate of drug-likeness (QED) is 0.811. The van der Waals surface area contributed by atoms with Crippen molar-refractivity contribution in [1.29, 1.82) is 0 Å². The van der Waals surface area contributed by atoms with Gasteiger partial charge >= 0.3 is 0 Å². The van der Waals surface area contributed by atoms with Gasteiger partial charge in [-0.15, -0.1) is 0 Å². The number of rotatable bonds is 7. The molecule has 26 heavy (non-hydrogen) atoms. The summed E-state index contributed by atoms with van der Waals surface area (Å²) >= 11 is 0. The number of hydrogen-bond donors (Lipinski definition) is 1. The standard InChI is InChI=1S/C21H27NO4/c1-13(2)19-14(3)8-7-9-16(19)21(23)22-12-15-10-17(24-4)20(26-6)18(11-15)25-5/h7-11,13H,12H2,1-6H3,(H,22,23). The van der Waals surface area contributed by atoms with Crippen molar-refractivity contribution in [2.45, 2.75) is 33.2 Å². The molecule has 1 N–H and O–H groups in total. The first-order chi connectivity index (χ1) is 12.4. The number of benzene rings is 2. The summed E-state index contributed by atoms with van der Waals surface area (Å²) in [5.41, 5.74) is 3.79. The summed E-state index contributed by atoms with van der Waals surface area (Å²) in [7, 11) is 4.70. The Morgan fingerprint density at radius 2 is 1.65 bits per heavy atom. The Hall–Kier alpha value is -2.69. The molecule has 140 valence electrons. The Bertz CT molecular complexity index is 759. The second-order valence-electron chi connectivity index (χ2n) is 6.41. The first kappa shape index (κ1) is 19.6. The Balaban J connectivity index is 2.24. The fourth-order valence-corrected chi connectivity index (χ4v) is 3.16. The summed E-state index contributed by atoms with van der Waals surface area (Å²) < 4.78 is 16.0. The lowest BCUT2D eigenvalue weighted by Crippen LogP contribution is -2.24. The van der Waals surface area contributed by atoms with E-state index in [1.165, 1.54) is 0 Å². The monoisotopic (exact) mass is 357 g/mol. The van der Waals surface area contributed by atoms with E-state index >= 15 is 0 Å². The maximum absolute atomic E-state index is 12.7. The van der Waals surface area contributed by atoms with Gasteiger partial charge in [-0.2, -0.15) is 0 Å². The van der Waals surface area contributed by atoms with Gasteiger partial charge in [0.25, 0.3) is 5.91 Å². The maximum atomic E-state index is 12.7. The zero-order valence-corrected chi connectivity index (χ0v) is 16.3. The first-order valence-electron chi connectivity index (χ1n) is 8.59. The summed E-state index contributed by atoms with van der Waals surface area (Å²) in [5.74, 6) is 1.85. The van der Waals surface area contributed by atoms with Gasteiger partial charge in [0, 0.05) is 12.1 Å². The number of amides is 1. The normalized spacial score (nSPS) is 10.6. The van der Waals surface area contributed by atoms with Crippen molar-refractivity contribution < 1.29 is 19.0 Å². The van der Waals surface area contributed by atoms with E-state index in [1.807, 2.05) is 37.3 Å². The van der Waals surface area contributed by atoms with Crippen LogP contribution in [0, 0.1) is 6.92 Å². The molecule has 2 aromatic rings. The van der Waals surface area contributed by atoms with Gasteiger partial charge in [0.15, 0.2) is 11.5 Å². The van der Waals surface area contributed by atoms with E-state index < -0.39 is 0 Å². The van der Waals surface area contributed by atoms with Crippen LogP contribution in [0.3, 0.4) is 0 Å². The highest BCUT2D eigenvalue weighted by Crippen LogP contribution is 2.38. The van der Waals surface area contributed by atoms with Gasteiger partial charge in [0.2, 0.25) is 5.75 Å². The molecule has 0 spiro atoms. The van der Waals surface area contributed by atoms with Gasteiger partial charge in [-0.3, -0.25) is 4.79 Å². The molecular formula is C21H27NO4. The third kappa shape index (κ3) is 4.10. The molecular weight excluding hydrogens is 330 g/mol. The Morgan fingerprint density at radius 3 is 2.15 bits per heavy atom. The van der Waals surface area contributed by atoms with Crippen LogP contribution in [-0.2, 0) is 6.54 Å². The zero-order chi connectivity index (χ0) is 19.3. The Morgan fingerprint density at radius 1 is 1.04 bits per heavy atom. The molecule has 0 radical (unpaired) electrons. The van der Waals surface area contributed by atoms with Crippen LogP contribution < -0.4 is 19.5 Å². The van der Waals surface area contributed by atoms with Crippen LogP contribution >= 0.6 is 0 Å². The number of carbonyl (C=O) groups is 1. The van der Waals surface area contributed by atoms with Crippen molar-refractivity contribution in [3.8, 4) is 17.2 Å². The molecule has 2 rings (SSSR count). The predicted molar refractivity (Wildman–Crippen MR) is 103 cm³/mol. The molecule has 0 fully saturated rings. The fourth-order valence-electron chi connectivity index (χ4n) is 3.16. The summed E-state index contributed by atoms with van der Waals surface area (Å²) in [5, 5.41) is 2.99. The Labute approximate surface area is 155 Å². The second-order valence-corrected chi connectivity index (χ2v) is 6.41. The molecule has 0 bridgehead atoms. The van der Waals surface area contributed by atoms with E-state index in [0.29, 0.717) is 29.4 Å². The van der Waals surface area contributed by atoms with Crippen molar-refractivity contribution in [1.82, 2.24) is 5.32 Å². The number of ether oxygens (including phenoxy) is 3. The van der Waals surface area contributed by atoms with Crippen molar-refractivity contribution in [3.05, 3.63) is 52.6 Å². The molecule has 0 atom stereocenters. The predicted octanol–water partition coefficient (Wildman–Crippen LogP) is 4.07. The third-order valence-electron chi connectivity index (χ3n) is 4.32. The van der Waals surface area contributed by atoms with Crippen LogP contribution in [0.15, 0.2) is 30.3 Å². The fraction of sp³-hybridized carbons (Fsp3) is 0.381. The lowest BCUT2D eigenvalue weighted by Gasteiger charge is -2.17. The molecule has 0 aliphatic carbocycles. The smallest absolute Gasteiger partial charge is 0.251 e. The highest BCUT2D eigenvalue weighted by Gasteiger charge is 2.17. The molecule has 0 aliphatic rings. The maximum Gasteiger partial charge on any atom is 0.251 e. The highest BCUT2D eigenvalue weighted by atomic mass is 16.5. The van der Waals surface area contributed by atoms with Crippen LogP contribution in [0.1, 0.15) is 46.8 Å². The number of hydrogen-bond acceptors (Lipinski definition) is 4. The summed E-state index contributed by atoms with van der Waals surface area (Å²) in [6.07, 6.45) is 0. The van der Waals surface area contributed by atoms with Gasteiger partial charge in [-0.25, -0.2) is 0 Å². The molecule has 5 heteroatoms. The SMILES string of the molecule is COc1cc(CNC(=O)c2cccc(C)c2C(C)C)cc(OC)c1OC. The molecule has 5 nitrogen and oxygen atoms in total. The van der Waals surface area contributed by atoms with Crippen molar-refractivity contribution >= 4 is 5.91 Å². The van der Waals surface area contributed by atoms with E-state index in [4.69, 9.17) is 14.2 Å². The van der Waals surface area contributed by atoms with Crippen LogP contribution in [0.5, 0.6) is 17.2 Å². The van der Waals surface area contributed by atoms with Crippen LogP contribution in [0.4, 0.5) is 0 Å². The van der Waals surface area contributed by atoms with E-state index in [0.717, 1.165) is 16.7 Å². The number of carbonyl (C=O) groups excluding carboxylic acids is 1. The lowest BCUT2D eigenvalue weighted by atomic mass is 9.92. The molecule has 0 aromatic heterocycles. The van der Waals surface area contributed by atoms with Gasteiger partial charge in [-0.1, -0.05) is 26.0 Å². The summed E-state index contributed by atoms with van der Waals surface area (Å²) in [6.45, 7) is 6.59. The molecule has 0 saturated heterocycles. The van der Waals surface area contributed by atoms with Crippen LogP contribution in [0.2, 0.25) is 0 Å². The van der Waals surface area contributed by atoms with Gasteiger partial charge < -0.3 is 19.5 Å². The van der Waals surface area contributed by atoms with Gasteiger partial charge in [-0.05, 0) is 47.7 Å². The van der Waals surface area contributed by atoms with Gasteiger partial charge in [0.05, 0.1) is 21.3 Å². The minimum Gasteiger partial charge on any atom is -0.493 e. The summed E-state index contributed by atoms with van der Waals surface area (Å²) in [4.78, 5) is 12.7. The average molecular weight is 357 g/mol. The van der Waals surface area contributed by atoms with E-state index in [1.54, 1.807) is 21.3 Å². The third-order valence-corrected chi connectivity index (χ3v) is 4.32. The minimum atomic E-state index is -0.0915. The lowest BCUT2D eigenvalue weighted by molar-refractivity contribution is 0.0949. The number of aryl methyl sites for hydroxylation is 1. The van der Waals surface area contributed by atoms with E-state index in [2.05, 4.69) is 19.2 Å². The molecule has 2 aromatic carbocycles. The summed E-state index contributed by atoms with van der Waals surface area (Å²) in [6, 6.07) is 9.48. The Kier molecular flexibility index (Phi) is 6.50. The van der Waals surface area contributed by atoms with Crippen LogP contribution in [-0.4, -0.2) is 27.2 Å². The molecule has 0 heterocycles. The first-order valence-corrected chi connectivity index (χ1v) is 8.59. The van der Waals surface area contributed by atoms with Crippen molar-refractivity contribution in [2.24, 2.45) is 0 Å². The van der Waals surface area contributed by atoms with E-state index in [-0.39, 0.29) is 11.8 Å². The molecule has 1 amide bonds. The highest BCUT2D eigenvalue weighted by molar-refractivity contribution is 5.96. The largest absolute Gasteiger partial charge is 0.493 e. The van der Waals surface area contributed by atoms with E-state index in [9.17, 15) is 4.79 Å². The van der Waals surface area contributed by atoms with Crippen molar-refractivity contribution in [2.75, 3.05) is 21.3 Å². The van der Waals surface area contributed by atoms with Crippen LogP contribution in [0.25, 0.3) is 0 Å². The molecule has 0 unspecified atom stereocenters. The van der Waals surface area contributed by atoms with Crippen molar-refractivity contribution in [3.63, 3.8) is 0 Å². The number of methoxy groups -OCH3 is 3. The molecule has 0 aliphatic heterocycles. The average Bonchev–Trinajstić information content (AvgIpc) is 2.64. The topological polar surface area (TPSA) is 56.8 Å². The minimum absolute atomic E-state index is 0.0915. The number of nitrogens with one attached hydrogen (secondary N) is 1.